The van der Waals surface area contributed by atoms with E-state index in [2.05, 4.69) is 4.89 Å². The van der Waals surface area contributed by atoms with Crippen molar-refractivity contribution in [1.29, 1.82) is 0 Å². The fourth-order valence-corrected chi connectivity index (χ4v) is 1.66. The highest BCUT2D eigenvalue weighted by atomic mass is 17.1. The third-order valence-electron chi connectivity index (χ3n) is 2.52. The van der Waals surface area contributed by atoms with Crippen LogP contribution in [0, 0.1) is 0 Å². The first-order valence-electron chi connectivity index (χ1n) is 5.11. The molecule has 3 N–H and O–H groups in total. The average molecular weight is 232 g/mol. The van der Waals surface area contributed by atoms with Gasteiger partial charge < -0.3 is 15.1 Å². The zero-order valence-electron chi connectivity index (χ0n) is 9.00. The van der Waals surface area contributed by atoms with Crippen LogP contribution in [0.25, 0.3) is 0 Å². The first-order chi connectivity index (χ1) is 8.22. The molecule has 4 nitrogen and oxygen atoms in total. The highest BCUT2D eigenvalue weighted by Crippen LogP contribution is 2.38. The van der Waals surface area contributed by atoms with Crippen LogP contribution in [0.1, 0.15) is 11.1 Å². The molecule has 0 saturated heterocycles. The van der Waals surface area contributed by atoms with Crippen LogP contribution in [0.15, 0.2) is 42.5 Å². The van der Waals surface area contributed by atoms with E-state index in [4.69, 9.17) is 5.26 Å². The quantitative estimate of drug-likeness (QED) is 0.432. The lowest BCUT2D eigenvalue weighted by Gasteiger charge is -2.09. The summed E-state index contributed by atoms with van der Waals surface area (Å²) in [6.07, 6.45) is 0.491. The maximum atomic E-state index is 9.52. The first-order valence-corrected chi connectivity index (χ1v) is 5.11. The van der Waals surface area contributed by atoms with Crippen molar-refractivity contribution in [3.05, 3.63) is 53.6 Å². The van der Waals surface area contributed by atoms with Gasteiger partial charge in [0.2, 0.25) is 11.5 Å². The maximum absolute atomic E-state index is 9.52. The van der Waals surface area contributed by atoms with Crippen LogP contribution in [-0.4, -0.2) is 15.5 Å². The molecule has 0 unspecified atom stereocenters. The van der Waals surface area contributed by atoms with Crippen LogP contribution in [-0.2, 0) is 6.42 Å². The molecule has 0 spiro atoms. The minimum atomic E-state index is -0.457. The zero-order chi connectivity index (χ0) is 12.3. The Labute approximate surface area is 98.3 Å². The third-order valence-corrected chi connectivity index (χ3v) is 2.52. The molecule has 0 saturated carbocycles. The van der Waals surface area contributed by atoms with Crippen LogP contribution in [0.3, 0.4) is 0 Å². The summed E-state index contributed by atoms with van der Waals surface area (Å²) in [5, 5.41) is 27.5. The lowest BCUT2D eigenvalue weighted by Crippen LogP contribution is -1.94. The van der Waals surface area contributed by atoms with Crippen LogP contribution in [0.5, 0.6) is 17.2 Å². The van der Waals surface area contributed by atoms with Gasteiger partial charge in [0.1, 0.15) is 0 Å². The van der Waals surface area contributed by atoms with Crippen LogP contribution >= 0.6 is 0 Å². The molecule has 0 aliphatic rings. The van der Waals surface area contributed by atoms with Gasteiger partial charge in [-0.15, -0.1) is 0 Å². The van der Waals surface area contributed by atoms with Crippen molar-refractivity contribution in [2.45, 2.75) is 6.42 Å². The molecule has 2 aromatic carbocycles. The van der Waals surface area contributed by atoms with Gasteiger partial charge in [0.05, 0.1) is 0 Å². The predicted octanol–water partition coefficient (Wildman–Crippen LogP) is 2.54. The Morgan fingerprint density at radius 2 is 1.65 bits per heavy atom. The number of rotatable bonds is 3. The molecule has 0 bridgehead atoms. The molecule has 17 heavy (non-hydrogen) atoms. The summed E-state index contributed by atoms with van der Waals surface area (Å²) in [5.74, 6) is -0.902. The largest absolute Gasteiger partial charge is 0.504 e. The molecule has 0 aliphatic carbocycles. The topological polar surface area (TPSA) is 69.9 Å². The molecular formula is C13H12O4. The summed E-state index contributed by atoms with van der Waals surface area (Å²) in [6.45, 7) is 0. The van der Waals surface area contributed by atoms with Crippen molar-refractivity contribution in [2.24, 2.45) is 0 Å². The maximum Gasteiger partial charge on any atom is 0.214 e. The Bertz CT molecular complexity index is 508. The van der Waals surface area contributed by atoms with Crippen molar-refractivity contribution in [1.82, 2.24) is 0 Å². The Kier molecular flexibility index (Phi) is 3.16. The van der Waals surface area contributed by atoms with Gasteiger partial charge in [-0.2, -0.15) is 0 Å². The normalized spacial score (nSPS) is 10.2. The molecule has 0 heterocycles. The van der Waals surface area contributed by atoms with Gasteiger partial charge in [-0.1, -0.05) is 36.4 Å². The number of hydrogen-bond acceptors (Lipinski definition) is 4. The van der Waals surface area contributed by atoms with Crippen LogP contribution in [0.4, 0.5) is 0 Å². The molecule has 0 aromatic heterocycles. The lowest BCUT2D eigenvalue weighted by molar-refractivity contribution is -0.139. The summed E-state index contributed by atoms with van der Waals surface area (Å²) >= 11 is 0. The monoisotopic (exact) mass is 232 g/mol. The van der Waals surface area contributed by atoms with Crippen LogP contribution in [0.2, 0.25) is 0 Å². The number of hydrogen-bond donors (Lipinski definition) is 3. The van der Waals surface area contributed by atoms with E-state index in [0.29, 0.717) is 12.0 Å². The van der Waals surface area contributed by atoms with E-state index < -0.39 is 5.75 Å². The van der Waals surface area contributed by atoms with Crippen molar-refractivity contribution in [3.63, 3.8) is 0 Å². The molecule has 2 aromatic rings. The summed E-state index contributed by atoms with van der Waals surface area (Å²) in [4.78, 5) is 4.12. The van der Waals surface area contributed by atoms with E-state index in [9.17, 15) is 10.2 Å². The van der Waals surface area contributed by atoms with Gasteiger partial charge in [0, 0.05) is 12.0 Å². The Hall–Kier alpha value is -2.20. The fourth-order valence-electron chi connectivity index (χ4n) is 1.66. The molecule has 0 amide bonds. The summed E-state index contributed by atoms with van der Waals surface area (Å²) in [7, 11) is 0. The van der Waals surface area contributed by atoms with Gasteiger partial charge in [-0.05, 0) is 11.6 Å². The summed E-state index contributed by atoms with van der Waals surface area (Å²) in [6, 6.07) is 12.5. The molecule has 0 atom stereocenters. The van der Waals surface area contributed by atoms with E-state index in [1.165, 1.54) is 6.07 Å². The SMILES string of the molecule is OOc1c(Cc2ccccc2)ccc(O)c1O. The Balaban J connectivity index is 2.37. The minimum absolute atomic E-state index is 0.117. The Morgan fingerprint density at radius 1 is 0.941 bits per heavy atom. The third kappa shape index (κ3) is 2.32. The van der Waals surface area contributed by atoms with E-state index >= 15 is 0 Å². The molecule has 2 rings (SSSR count). The smallest absolute Gasteiger partial charge is 0.214 e. The fraction of sp³-hybridized carbons (Fsp3) is 0.0769. The molecule has 0 radical (unpaired) electrons. The van der Waals surface area contributed by atoms with E-state index in [-0.39, 0.29) is 11.5 Å². The number of benzene rings is 2. The van der Waals surface area contributed by atoms with Gasteiger partial charge in [0.25, 0.3) is 0 Å². The number of phenolic OH excluding ortho intramolecular Hbond substituents is 2. The molecule has 0 fully saturated rings. The van der Waals surface area contributed by atoms with Gasteiger partial charge in [0.15, 0.2) is 5.75 Å². The number of phenols is 2. The minimum Gasteiger partial charge on any atom is -0.504 e. The molecule has 0 aliphatic heterocycles. The summed E-state index contributed by atoms with van der Waals surface area (Å²) in [5.41, 5.74) is 1.60. The van der Waals surface area contributed by atoms with Crippen molar-refractivity contribution in [3.8, 4) is 17.2 Å². The van der Waals surface area contributed by atoms with Gasteiger partial charge in [-0.25, -0.2) is 5.26 Å². The van der Waals surface area contributed by atoms with Crippen LogP contribution < -0.4 is 4.89 Å². The van der Waals surface area contributed by atoms with Crippen molar-refractivity contribution >= 4 is 0 Å². The summed E-state index contributed by atoms with van der Waals surface area (Å²) < 4.78 is 0. The highest BCUT2D eigenvalue weighted by Gasteiger charge is 2.14. The predicted molar refractivity (Wildman–Crippen MR) is 62.3 cm³/mol. The second-order valence-corrected chi connectivity index (χ2v) is 3.68. The second kappa shape index (κ2) is 4.76. The lowest BCUT2D eigenvalue weighted by atomic mass is 10.0. The molecule has 88 valence electrons. The van der Waals surface area contributed by atoms with Crippen molar-refractivity contribution < 1.29 is 20.4 Å². The van der Waals surface area contributed by atoms with E-state index in [1.807, 2.05) is 30.3 Å². The van der Waals surface area contributed by atoms with E-state index in [1.54, 1.807) is 6.07 Å². The van der Waals surface area contributed by atoms with Gasteiger partial charge in [-0.3, -0.25) is 0 Å². The second-order valence-electron chi connectivity index (χ2n) is 3.68. The first kappa shape index (κ1) is 11.3. The zero-order valence-corrected chi connectivity index (χ0v) is 9.00. The van der Waals surface area contributed by atoms with Gasteiger partial charge >= 0.3 is 0 Å². The molecular weight excluding hydrogens is 220 g/mol. The average Bonchev–Trinajstić information content (AvgIpc) is 2.36. The van der Waals surface area contributed by atoms with E-state index in [0.717, 1.165) is 5.56 Å². The highest BCUT2D eigenvalue weighted by molar-refractivity contribution is 5.54. The Morgan fingerprint density at radius 3 is 2.29 bits per heavy atom. The molecule has 4 heteroatoms. The standard InChI is InChI=1S/C13H12O4/c14-11-7-6-10(13(17-16)12(11)15)8-9-4-2-1-3-5-9/h1-7,14-16H,8H2. The number of aromatic hydroxyl groups is 2. The van der Waals surface area contributed by atoms with Crippen molar-refractivity contribution in [2.75, 3.05) is 0 Å².